The zero-order chi connectivity index (χ0) is 21.0. The summed E-state index contributed by atoms with van der Waals surface area (Å²) in [5.41, 5.74) is 1.27. The first-order valence-corrected chi connectivity index (χ1v) is 9.17. The molecule has 0 saturated heterocycles. The van der Waals surface area contributed by atoms with Gasteiger partial charge in [-0.1, -0.05) is 12.1 Å². The van der Waals surface area contributed by atoms with Gasteiger partial charge in [-0.05, 0) is 24.6 Å². The predicted octanol–water partition coefficient (Wildman–Crippen LogP) is 0.362. The van der Waals surface area contributed by atoms with E-state index in [1.165, 1.54) is 21.1 Å². The smallest absolute Gasteiger partial charge is 0.267 e. The molecule has 3 heterocycles. The molecular formula is C20H23N5O4. The Labute approximate surface area is 166 Å². The highest BCUT2D eigenvalue weighted by molar-refractivity contribution is 5.96. The molecule has 152 valence electrons. The third-order valence-corrected chi connectivity index (χ3v) is 4.48. The number of aromatic nitrogens is 3. The van der Waals surface area contributed by atoms with Crippen molar-refractivity contribution in [3.05, 3.63) is 64.0 Å². The lowest BCUT2D eigenvalue weighted by molar-refractivity contribution is 0.0866. The van der Waals surface area contributed by atoms with Crippen LogP contribution in [-0.4, -0.2) is 51.3 Å². The van der Waals surface area contributed by atoms with Crippen molar-refractivity contribution in [2.24, 2.45) is 0 Å². The largest absolute Gasteiger partial charge is 0.394 e. The van der Waals surface area contributed by atoms with E-state index in [0.29, 0.717) is 11.3 Å². The molecule has 0 radical (unpaired) electrons. The molecule has 0 fully saturated rings. The number of aliphatic hydroxyl groups excluding tert-OH is 1. The summed E-state index contributed by atoms with van der Waals surface area (Å²) >= 11 is 0. The van der Waals surface area contributed by atoms with E-state index in [9.17, 15) is 9.59 Å². The van der Waals surface area contributed by atoms with Crippen molar-refractivity contribution < 1.29 is 14.6 Å². The van der Waals surface area contributed by atoms with E-state index in [1.807, 2.05) is 13.0 Å². The molecule has 0 aromatic carbocycles. The number of nitrogens with zero attached hydrogens (tertiary/aromatic N) is 3. The molecule has 3 aromatic heterocycles. The first-order valence-electron chi connectivity index (χ1n) is 9.17. The fourth-order valence-electron chi connectivity index (χ4n) is 3.07. The van der Waals surface area contributed by atoms with Gasteiger partial charge in [0.1, 0.15) is 16.8 Å². The first-order chi connectivity index (χ1) is 14.0. The zero-order valence-corrected chi connectivity index (χ0v) is 16.1. The van der Waals surface area contributed by atoms with E-state index < -0.39 is 5.91 Å². The highest BCUT2D eigenvalue weighted by Gasteiger charge is 2.17. The van der Waals surface area contributed by atoms with Crippen LogP contribution in [0.3, 0.4) is 0 Å². The van der Waals surface area contributed by atoms with Crippen LogP contribution < -0.4 is 16.4 Å². The van der Waals surface area contributed by atoms with Crippen molar-refractivity contribution in [3.8, 4) is 0 Å². The molecule has 3 rings (SSSR count). The summed E-state index contributed by atoms with van der Waals surface area (Å²) in [5, 5.41) is 20.3. The second-order valence-corrected chi connectivity index (χ2v) is 6.43. The summed E-state index contributed by atoms with van der Waals surface area (Å²) in [6.45, 7) is 6.08. The lowest BCUT2D eigenvalue weighted by atomic mass is 10.2. The number of carbonyl (C=O) groups excluding carboxylic acids is 1. The van der Waals surface area contributed by atoms with Crippen LogP contribution in [0.25, 0.3) is 16.7 Å². The maximum atomic E-state index is 13.1. The molecular weight excluding hydrogens is 374 g/mol. The van der Waals surface area contributed by atoms with E-state index in [0.717, 1.165) is 5.56 Å². The fraction of sp³-hybridized carbons (Fsp3) is 0.300. The monoisotopic (exact) mass is 397 g/mol. The summed E-state index contributed by atoms with van der Waals surface area (Å²) in [4.78, 5) is 30.3. The van der Waals surface area contributed by atoms with Crippen molar-refractivity contribution in [3.63, 3.8) is 0 Å². The van der Waals surface area contributed by atoms with Gasteiger partial charge in [0.2, 0.25) is 0 Å². The quantitative estimate of drug-likeness (QED) is 0.288. The van der Waals surface area contributed by atoms with Crippen LogP contribution in [0.4, 0.5) is 0 Å². The van der Waals surface area contributed by atoms with E-state index in [4.69, 9.17) is 15.3 Å². The molecule has 3 aromatic rings. The first kappa shape index (κ1) is 20.4. The van der Waals surface area contributed by atoms with Crippen molar-refractivity contribution in [1.29, 1.82) is 5.41 Å². The average Bonchev–Trinajstić information content (AvgIpc) is 2.71. The van der Waals surface area contributed by atoms with Crippen LogP contribution in [0.1, 0.15) is 15.9 Å². The van der Waals surface area contributed by atoms with Gasteiger partial charge in [0.15, 0.2) is 0 Å². The third-order valence-electron chi connectivity index (χ3n) is 4.48. The highest BCUT2D eigenvalue weighted by Crippen LogP contribution is 2.12. The maximum Gasteiger partial charge on any atom is 0.267 e. The second kappa shape index (κ2) is 8.80. The minimum atomic E-state index is -0.476. The Hall–Kier alpha value is -3.30. The van der Waals surface area contributed by atoms with Gasteiger partial charge in [0.05, 0.1) is 30.8 Å². The molecule has 0 spiro atoms. The number of hydrogen-bond donors (Lipinski definition) is 3. The third kappa shape index (κ3) is 3.96. The van der Waals surface area contributed by atoms with Gasteiger partial charge < -0.3 is 19.7 Å². The van der Waals surface area contributed by atoms with Gasteiger partial charge in [0, 0.05) is 19.3 Å². The fourth-order valence-corrected chi connectivity index (χ4v) is 3.07. The Balaban J connectivity index is 2.27. The number of fused-ring (bicyclic) bond motifs is 2. The zero-order valence-electron chi connectivity index (χ0n) is 16.1. The van der Waals surface area contributed by atoms with Crippen LogP contribution in [0.15, 0.2) is 41.8 Å². The van der Waals surface area contributed by atoms with Crippen molar-refractivity contribution in [2.45, 2.75) is 13.5 Å². The van der Waals surface area contributed by atoms with Gasteiger partial charge in [-0.2, -0.15) is 0 Å². The van der Waals surface area contributed by atoms with E-state index in [-0.39, 0.29) is 54.9 Å². The molecule has 3 N–H and O–H groups in total. The molecule has 9 heteroatoms. The molecule has 0 aliphatic rings. The van der Waals surface area contributed by atoms with Crippen LogP contribution in [0.5, 0.6) is 0 Å². The normalized spacial score (nSPS) is 11.1. The minimum absolute atomic E-state index is 0.0630. The molecule has 0 unspecified atom stereocenters. The molecule has 9 nitrogen and oxygen atoms in total. The topological polar surface area (TPSA) is 122 Å². The Morgan fingerprint density at radius 3 is 2.93 bits per heavy atom. The molecule has 0 aliphatic carbocycles. The van der Waals surface area contributed by atoms with Crippen LogP contribution in [0.2, 0.25) is 0 Å². The molecule has 1 amide bonds. The van der Waals surface area contributed by atoms with Crippen molar-refractivity contribution in [1.82, 2.24) is 19.3 Å². The van der Waals surface area contributed by atoms with Crippen LogP contribution >= 0.6 is 0 Å². The Morgan fingerprint density at radius 2 is 2.21 bits per heavy atom. The van der Waals surface area contributed by atoms with Gasteiger partial charge >= 0.3 is 0 Å². The maximum absolute atomic E-state index is 13.1. The Bertz CT molecular complexity index is 1200. The molecule has 29 heavy (non-hydrogen) atoms. The predicted molar refractivity (Wildman–Crippen MR) is 108 cm³/mol. The number of rotatable bonds is 8. The SMILES string of the molecule is C=CCNC(=O)c1cc2c(=O)n3cccc(C)c3nc2n(CCOCCO)c1=N. The number of aryl methyl sites for hydroxylation is 1. The van der Waals surface area contributed by atoms with Gasteiger partial charge in [0.25, 0.3) is 11.5 Å². The van der Waals surface area contributed by atoms with Gasteiger partial charge in [-0.25, -0.2) is 4.98 Å². The van der Waals surface area contributed by atoms with E-state index in [2.05, 4.69) is 16.9 Å². The molecule has 0 atom stereocenters. The lowest BCUT2D eigenvalue weighted by Gasteiger charge is -2.15. The number of carbonyl (C=O) groups is 1. The minimum Gasteiger partial charge on any atom is -0.394 e. The van der Waals surface area contributed by atoms with E-state index in [1.54, 1.807) is 12.3 Å². The highest BCUT2D eigenvalue weighted by atomic mass is 16.5. The van der Waals surface area contributed by atoms with Crippen LogP contribution in [-0.2, 0) is 11.3 Å². The number of ether oxygens (including phenoxy) is 1. The van der Waals surface area contributed by atoms with Crippen molar-refractivity contribution >= 4 is 22.6 Å². The van der Waals surface area contributed by atoms with Crippen molar-refractivity contribution in [2.75, 3.05) is 26.4 Å². The number of aliphatic hydroxyl groups is 1. The standard InChI is InChI=1S/C20H23N5O4/c1-3-6-22-19(27)14-12-15-18(24(16(14)21)8-10-29-11-9-26)23-17-13(2)5-4-7-25(17)20(15)28/h3-5,7,12,21,26H,1,6,8-11H2,2H3,(H,22,27). The summed E-state index contributed by atoms with van der Waals surface area (Å²) in [5.74, 6) is -0.476. The van der Waals surface area contributed by atoms with E-state index >= 15 is 0 Å². The van der Waals surface area contributed by atoms with Crippen LogP contribution in [0, 0.1) is 12.3 Å². The lowest BCUT2D eigenvalue weighted by Crippen LogP contribution is -2.35. The summed E-state index contributed by atoms with van der Waals surface area (Å²) in [6.07, 6.45) is 3.16. The molecule has 0 aliphatic heterocycles. The number of pyridine rings is 2. The van der Waals surface area contributed by atoms with Gasteiger partial charge in [-0.3, -0.25) is 19.4 Å². The Morgan fingerprint density at radius 1 is 1.41 bits per heavy atom. The number of amides is 1. The second-order valence-electron chi connectivity index (χ2n) is 6.43. The number of nitrogens with one attached hydrogen (secondary N) is 2. The summed E-state index contributed by atoms with van der Waals surface area (Å²) < 4.78 is 8.24. The Kier molecular flexibility index (Phi) is 6.20. The van der Waals surface area contributed by atoms with Gasteiger partial charge in [-0.15, -0.1) is 6.58 Å². The number of hydrogen-bond acceptors (Lipinski definition) is 6. The summed E-state index contributed by atoms with van der Waals surface area (Å²) in [7, 11) is 0. The molecule has 0 saturated carbocycles. The molecule has 0 bridgehead atoms. The summed E-state index contributed by atoms with van der Waals surface area (Å²) in [6, 6.07) is 5.01. The average molecular weight is 397 g/mol.